The number of halogens is 1. The van der Waals surface area contributed by atoms with Gasteiger partial charge in [-0.15, -0.1) is 0 Å². The van der Waals surface area contributed by atoms with E-state index in [1.54, 1.807) is 18.2 Å². The Morgan fingerprint density at radius 1 is 1.26 bits per heavy atom. The van der Waals surface area contributed by atoms with E-state index in [4.69, 9.17) is 0 Å². The lowest BCUT2D eigenvalue weighted by atomic mass is 10.0. The topological polar surface area (TPSA) is 20.3 Å². The summed E-state index contributed by atoms with van der Waals surface area (Å²) in [5, 5.41) is 0. The molecule has 0 aromatic heterocycles. The van der Waals surface area contributed by atoms with E-state index in [0.29, 0.717) is 24.9 Å². The van der Waals surface area contributed by atoms with Gasteiger partial charge < -0.3 is 4.90 Å². The van der Waals surface area contributed by atoms with Crippen LogP contribution in [0.5, 0.6) is 0 Å². The largest absolute Gasteiger partial charge is 0.303 e. The molecule has 1 aromatic rings. The van der Waals surface area contributed by atoms with Crippen LogP contribution in [0.1, 0.15) is 44.0 Å². The summed E-state index contributed by atoms with van der Waals surface area (Å²) in [4.78, 5) is 14.1. The lowest BCUT2D eigenvalue weighted by molar-refractivity contribution is 0.0955. The lowest BCUT2D eigenvalue weighted by Gasteiger charge is -2.25. The second-order valence-corrected chi connectivity index (χ2v) is 5.61. The molecule has 106 valence electrons. The van der Waals surface area contributed by atoms with Crippen LogP contribution in [0.3, 0.4) is 0 Å². The van der Waals surface area contributed by atoms with Crippen molar-refractivity contribution in [2.45, 2.75) is 39.7 Å². The van der Waals surface area contributed by atoms with Crippen LogP contribution in [0.2, 0.25) is 0 Å². The summed E-state index contributed by atoms with van der Waals surface area (Å²) < 4.78 is 13.5. The van der Waals surface area contributed by atoms with Gasteiger partial charge in [0, 0.05) is 19.0 Å². The van der Waals surface area contributed by atoms with Crippen LogP contribution in [0.15, 0.2) is 24.3 Å². The number of hydrogen-bond acceptors (Lipinski definition) is 2. The number of ketones is 1. The molecule has 0 amide bonds. The molecule has 1 rings (SSSR count). The van der Waals surface area contributed by atoms with E-state index in [1.807, 2.05) is 7.05 Å². The van der Waals surface area contributed by atoms with E-state index >= 15 is 0 Å². The van der Waals surface area contributed by atoms with Crippen LogP contribution in [0.4, 0.5) is 4.39 Å². The molecule has 0 aliphatic carbocycles. The Labute approximate surface area is 115 Å². The number of nitrogens with zero attached hydrogens (tertiary/aromatic N) is 1. The average molecular weight is 265 g/mol. The standard InChI is InChI=1S/C16H24FNO/c1-12(2)11-13(3)18(4)10-9-16(19)14-7-5-6-8-15(14)17/h5-8,12-13H,9-11H2,1-4H3. The van der Waals surface area contributed by atoms with Gasteiger partial charge in [0.05, 0.1) is 5.56 Å². The summed E-state index contributed by atoms with van der Waals surface area (Å²) in [5.74, 6) is 0.0896. The molecule has 1 atom stereocenters. The fourth-order valence-corrected chi connectivity index (χ4v) is 2.18. The Morgan fingerprint density at radius 3 is 2.47 bits per heavy atom. The Morgan fingerprint density at radius 2 is 1.89 bits per heavy atom. The highest BCUT2D eigenvalue weighted by Gasteiger charge is 2.15. The van der Waals surface area contributed by atoms with Gasteiger partial charge in [0.15, 0.2) is 5.78 Å². The predicted molar refractivity (Wildman–Crippen MR) is 76.9 cm³/mol. The van der Waals surface area contributed by atoms with Gasteiger partial charge in [0.2, 0.25) is 0 Å². The molecule has 0 aliphatic heterocycles. The minimum absolute atomic E-state index is 0.123. The fourth-order valence-electron chi connectivity index (χ4n) is 2.18. The number of carbonyl (C=O) groups excluding carboxylic acids is 1. The van der Waals surface area contributed by atoms with Crippen LogP contribution in [0, 0.1) is 11.7 Å². The van der Waals surface area contributed by atoms with Crippen molar-refractivity contribution in [1.29, 1.82) is 0 Å². The summed E-state index contributed by atoms with van der Waals surface area (Å²) >= 11 is 0. The maximum atomic E-state index is 13.5. The molecular weight excluding hydrogens is 241 g/mol. The summed E-state index contributed by atoms with van der Waals surface area (Å²) in [5.41, 5.74) is 0.201. The number of benzene rings is 1. The molecule has 0 saturated carbocycles. The van der Waals surface area contributed by atoms with E-state index in [1.165, 1.54) is 6.07 Å². The smallest absolute Gasteiger partial charge is 0.167 e. The van der Waals surface area contributed by atoms with E-state index in [2.05, 4.69) is 25.7 Å². The monoisotopic (exact) mass is 265 g/mol. The van der Waals surface area contributed by atoms with E-state index in [-0.39, 0.29) is 11.3 Å². The highest BCUT2D eigenvalue weighted by Crippen LogP contribution is 2.12. The van der Waals surface area contributed by atoms with Crippen molar-refractivity contribution in [3.05, 3.63) is 35.6 Å². The third-order valence-electron chi connectivity index (χ3n) is 3.43. The first-order valence-corrected chi connectivity index (χ1v) is 6.89. The molecule has 0 fully saturated rings. The molecule has 3 heteroatoms. The van der Waals surface area contributed by atoms with E-state index in [9.17, 15) is 9.18 Å². The summed E-state index contributed by atoms with van der Waals surface area (Å²) in [6.07, 6.45) is 1.46. The predicted octanol–water partition coefficient (Wildman–Crippen LogP) is 3.76. The summed E-state index contributed by atoms with van der Waals surface area (Å²) in [6, 6.07) is 6.62. The van der Waals surface area contributed by atoms with Gasteiger partial charge in [-0.2, -0.15) is 0 Å². The first-order chi connectivity index (χ1) is 8.91. The third kappa shape index (κ3) is 5.11. The fraction of sp³-hybridized carbons (Fsp3) is 0.562. The van der Waals surface area contributed by atoms with Crippen molar-refractivity contribution in [2.75, 3.05) is 13.6 Å². The van der Waals surface area contributed by atoms with Gasteiger partial charge in [-0.25, -0.2) is 4.39 Å². The van der Waals surface area contributed by atoms with Crippen molar-refractivity contribution in [3.8, 4) is 0 Å². The molecule has 19 heavy (non-hydrogen) atoms. The van der Waals surface area contributed by atoms with Gasteiger partial charge in [0.1, 0.15) is 5.82 Å². The highest BCUT2D eigenvalue weighted by atomic mass is 19.1. The number of hydrogen-bond donors (Lipinski definition) is 0. The van der Waals surface area contributed by atoms with Gasteiger partial charge in [-0.1, -0.05) is 26.0 Å². The number of carbonyl (C=O) groups is 1. The molecule has 0 heterocycles. The zero-order valence-corrected chi connectivity index (χ0v) is 12.3. The molecular formula is C16H24FNO. The maximum Gasteiger partial charge on any atom is 0.167 e. The highest BCUT2D eigenvalue weighted by molar-refractivity contribution is 5.96. The van der Waals surface area contributed by atoms with Crippen LogP contribution in [-0.4, -0.2) is 30.3 Å². The van der Waals surface area contributed by atoms with Gasteiger partial charge >= 0.3 is 0 Å². The van der Waals surface area contributed by atoms with Crippen molar-refractivity contribution in [3.63, 3.8) is 0 Å². The Hall–Kier alpha value is -1.22. The normalized spacial score (nSPS) is 13.0. The van der Waals surface area contributed by atoms with Gasteiger partial charge in [-0.3, -0.25) is 4.79 Å². The van der Waals surface area contributed by atoms with E-state index in [0.717, 1.165) is 6.42 Å². The third-order valence-corrected chi connectivity index (χ3v) is 3.43. The van der Waals surface area contributed by atoms with Crippen molar-refractivity contribution in [1.82, 2.24) is 4.90 Å². The Kier molecular flexibility index (Phi) is 6.16. The van der Waals surface area contributed by atoms with Crippen LogP contribution >= 0.6 is 0 Å². The molecule has 0 aliphatic rings. The molecule has 0 N–H and O–H groups in total. The second-order valence-electron chi connectivity index (χ2n) is 5.61. The maximum absolute atomic E-state index is 13.5. The number of rotatable bonds is 7. The zero-order valence-electron chi connectivity index (χ0n) is 12.3. The molecule has 0 saturated heterocycles. The number of Topliss-reactive ketones (excluding diaryl/α,β-unsaturated/α-hetero) is 1. The zero-order chi connectivity index (χ0) is 14.4. The minimum atomic E-state index is -0.426. The average Bonchev–Trinajstić information content (AvgIpc) is 2.35. The quantitative estimate of drug-likeness (QED) is 0.700. The van der Waals surface area contributed by atoms with Crippen molar-refractivity contribution in [2.24, 2.45) is 5.92 Å². The Balaban J connectivity index is 2.48. The molecule has 1 unspecified atom stereocenters. The molecule has 2 nitrogen and oxygen atoms in total. The van der Waals surface area contributed by atoms with Crippen molar-refractivity contribution < 1.29 is 9.18 Å². The van der Waals surface area contributed by atoms with Crippen molar-refractivity contribution >= 4 is 5.78 Å². The molecule has 0 radical (unpaired) electrons. The molecule has 0 spiro atoms. The summed E-state index contributed by atoms with van der Waals surface area (Å²) in [7, 11) is 2.02. The van der Waals surface area contributed by atoms with Crippen LogP contribution in [0.25, 0.3) is 0 Å². The van der Waals surface area contributed by atoms with Gasteiger partial charge in [-0.05, 0) is 38.4 Å². The SMILES string of the molecule is CC(C)CC(C)N(C)CCC(=O)c1ccccc1F. The first kappa shape index (κ1) is 15.8. The second kappa shape index (κ2) is 7.39. The molecule has 0 bridgehead atoms. The van der Waals surface area contributed by atoms with E-state index < -0.39 is 5.82 Å². The minimum Gasteiger partial charge on any atom is -0.303 e. The van der Waals surface area contributed by atoms with Crippen LogP contribution < -0.4 is 0 Å². The first-order valence-electron chi connectivity index (χ1n) is 6.89. The van der Waals surface area contributed by atoms with Gasteiger partial charge in [0.25, 0.3) is 0 Å². The Bertz CT molecular complexity index is 417. The molecule has 1 aromatic carbocycles. The lowest BCUT2D eigenvalue weighted by Crippen LogP contribution is -2.32. The summed E-state index contributed by atoms with van der Waals surface area (Å²) in [6.45, 7) is 7.21. The van der Waals surface area contributed by atoms with Crippen LogP contribution in [-0.2, 0) is 0 Å².